The molecule has 30 heavy (non-hydrogen) atoms. The van der Waals surface area contributed by atoms with Gasteiger partial charge in [0.15, 0.2) is 23.1 Å². The summed E-state index contributed by atoms with van der Waals surface area (Å²) in [5, 5.41) is 2.61. The largest absolute Gasteiger partial charge is 0.493 e. The number of carbonyl (C=O) groups excluding carboxylic acids is 2. The van der Waals surface area contributed by atoms with E-state index in [-0.39, 0.29) is 17.3 Å². The number of nitrogens with one attached hydrogen (secondary N) is 1. The number of nitrogens with zero attached hydrogens (tertiary/aromatic N) is 1. The first-order chi connectivity index (χ1) is 14.3. The summed E-state index contributed by atoms with van der Waals surface area (Å²) in [6, 6.07) is 6.72. The first kappa shape index (κ1) is 21.8. The van der Waals surface area contributed by atoms with Crippen molar-refractivity contribution < 1.29 is 27.8 Å². The van der Waals surface area contributed by atoms with Crippen LogP contribution in [0.25, 0.3) is 0 Å². The molecule has 2 aromatic rings. The van der Waals surface area contributed by atoms with Crippen LogP contribution in [0.5, 0.6) is 11.5 Å². The molecule has 2 amide bonds. The highest BCUT2D eigenvalue weighted by molar-refractivity contribution is 6.32. The van der Waals surface area contributed by atoms with Gasteiger partial charge in [0.05, 0.1) is 24.4 Å². The van der Waals surface area contributed by atoms with Crippen LogP contribution in [0, 0.1) is 17.6 Å². The number of carbonyl (C=O) groups is 2. The molecule has 1 fully saturated rings. The Bertz CT molecular complexity index is 986. The number of likely N-dealkylation sites (tertiary alicyclic amines) is 1. The van der Waals surface area contributed by atoms with Crippen LogP contribution in [0.1, 0.15) is 18.4 Å². The Morgan fingerprint density at radius 3 is 2.73 bits per heavy atom. The highest BCUT2D eigenvalue weighted by Crippen LogP contribution is 2.42. The molecule has 0 aromatic heterocycles. The van der Waals surface area contributed by atoms with E-state index in [4.69, 9.17) is 21.1 Å². The minimum atomic E-state index is -1.19. The minimum absolute atomic E-state index is 0.246. The number of halogens is 3. The quantitative estimate of drug-likeness (QED) is 0.696. The van der Waals surface area contributed by atoms with E-state index in [1.165, 1.54) is 24.1 Å². The lowest BCUT2D eigenvalue weighted by Crippen LogP contribution is -2.33. The van der Waals surface area contributed by atoms with Gasteiger partial charge in [0.1, 0.15) is 5.92 Å². The molecule has 160 valence electrons. The fraction of sp³-hybridized carbons (Fsp3) is 0.333. The third-order valence-electron chi connectivity index (χ3n) is 4.98. The first-order valence-electron chi connectivity index (χ1n) is 9.28. The summed E-state index contributed by atoms with van der Waals surface area (Å²) < 4.78 is 38.3. The zero-order valence-electron chi connectivity index (χ0n) is 16.7. The summed E-state index contributed by atoms with van der Waals surface area (Å²) in [7, 11) is 3.03. The second-order valence-electron chi connectivity index (χ2n) is 6.86. The summed E-state index contributed by atoms with van der Waals surface area (Å²) in [5.41, 5.74) is 0.265. The van der Waals surface area contributed by atoms with Gasteiger partial charge in [0.2, 0.25) is 11.8 Å². The second kappa shape index (κ2) is 8.87. The Morgan fingerprint density at radius 2 is 2.07 bits per heavy atom. The molecule has 2 atom stereocenters. The van der Waals surface area contributed by atoms with Gasteiger partial charge in [0.25, 0.3) is 0 Å². The van der Waals surface area contributed by atoms with Crippen molar-refractivity contribution in [1.29, 1.82) is 0 Å². The summed E-state index contributed by atoms with van der Waals surface area (Å²) in [5.74, 6) is -4.42. The predicted molar refractivity (Wildman–Crippen MR) is 108 cm³/mol. The number of rotatable bonds is 6. The van der Waals surface area contributed by atoms with Gasteiger partial charge in [-0.05, 0) is 36.8 Å². The highest BCUT2D eigenvalue weighted by Gasteiger charge is 2.44. The van der Waals surface area contributed by atoms with E-state index in [0.717, 1.165) is 6.07 Å². The van der Waals surface area contributed by atoms with Gasteiger partial charge in [-0.25, -0.2) is 8.78 Å². The Hall–Kier alpha value is -2.87. The Labute approximate surface area is 177 Å². The summed E-state index contributed by atoms with van der Waals surface area (Å²) >= 11 is 6.34. The van der Waals surface area contributed by atoms with E-state index in [1.54, 1.807) is 26.1 Å². The average Bonchev–Trinajstić information content (AvgIpc) is 3.01. The van der Waals surface area contributed by atoms with Crippen LogP contribution < -0.4 is 14.8 Å². The molecular formula is C21H21ClF2N2O4. The maximum Gasteiger partial charge on any atom is 0.237 e. The van der Waals surface area contributed by atoms with E-state index in [9.17, 15) is 18.4 Å². The molecule has 0 saturated carbocycles. The molecule has 0 bridgehead atoms. The molecule has 1 saturated heterocycles. The zero-order chi connectivity index (χ0) is 22.0. The van der Waals surface area contributed by atoms with Crippen molar-refractivity contribution in [3.63, 3.8) is 0 Å². The summed E-state index contributed by atoms with van der Waals surface area (Å²) in [4.78, 5) is 27.0. The third-order valence-corrected chi connectivity index (χ3v) is 5.26. The van der Waals surface area contributed by atoms with E-state index in [1.807, 2.05) is 0 Å². The molecule has 0 spiro atoms. The van der Waals surface area contributed by atoms with Gasteiger partial charge in [-0.15, -0.1) is 0 Å². The van der Waals surface area contributed by atoms with Crippen molar-refractivity contribution in [2.45, 2.75) is 12.8 Å². The zero-order valence-corrected chi connectivity index (χ0v) is 17.4. The number of ether oxygens (including phenoxy) is 2. The lowest BCUT2D eigenvalue weighted by atomic mass is 9.87. The number of likely N-dealkylation sites (N-methyl/N-ethyl adjacent to an activating group) is 1. The third kappa shape index (κ3) is 4.05. The van der Waals surface area contributed by atoms with Crippen LogP contribution in [-0.2, 0) is 9.59 Å². The topological polar surface area (TPSA) is 67.9 Å². The number of hydrogen-bond donors (Lipinski definition) is 1. The van der Waals surface area contributed by atoms with Crippen molar-refractivity contribution >= 4 is 29.1 Å². The van der Waals surface area contributed by atoms with E-state index < -0.39 is 35.3 Å². The smallest absolute Gasteiger partial charge is 0.237 e. The minimum Gasteiger partial charge on any atom is -0.493 e. The van der Waals surface area contributed by atoms with Crippen LogP contribution in [-0.4, -0.2) is 44.0 Å². The number of methoxy groups -OCH3 is 1. The molecule has 1 heterocycles. The fourth-order valence-corrected chi connectivity index (χ4v) is 3.82. The van der Waals surface area contributed by atoms with Gasteiger partial charge in [0, 0.05) is 19.5 Å². The molecule has 1 aliphatic heterocycles. The van der Waals surface area contributed by atoms with E-state index in [0.29, 0.717) is 23.7 Å². The van der Waals surface area contributed by atoms with Crippen molar-refractivity contribution in [3.05, 3.63) is 52.6 Å². The summed E-state index contributed by atoms with van der Waals surface area (Å²) in [6.45, 7) is 2.43. The van der Waals surface area contributed by atoms with E-state index >= 15 is 0 Å². The predicted octanol–water partition coefficient (Wildman–Crippen LogP) is 3.84. The molecular weight excluding hydrogens is 418 g/mol. The van der Waals surface area contributed by atoms with Crippen molar-refractivity contribution in [1.82, 2.24) is 4.90 Å². The van der Waals surface area contributed by atoms with E-state index in [2.05, 4.69) is 5.32 Å². The first-order valence-corrected chi connectivity index (χ1v) is 9.66. The van der Waals surface area contributed by atoms with Crippen LogP contribution in [0.4, 0.5) is 14.5 Å². The normalized spacial score (nSPS) is 18.5. The van der Waals surface area contributed by atoms with Gasteiger partial charge in [-0.3, -0.25) is 9.59 Å². The standard InChI is InChI=1S/C21H21ClF2N2O4/c1-4-30-19-13(22)8-11(9-16(19)29-3)12-10-26(2)21(28)17(12)20(27)25-15-7-5-6-14(23)18(15)24/h5-9,12,17H,4,10H2,1-3H3,(H,25,27). The molecule has 9 heteroatoms. The Morgan fingerprint density at radius 1 is 1.33 bits per heavy atom. The van der Waals surface area contributed by atoms with Crippen LogP contribution in [0.2, 0.25) is 5.02 Å². The number of benzene rings is 2. The number of amides is 2. The average molecular weight is 439 g/mol. The van der Waals surface area contributed by atoms with Gasteiger partial charge in [-0.1, -0.05) is 17.7 Å². The number of hydrogen-bond acceptors (Lipinski definition) is 4. The maximum absolute atomic E-state index is 14.0. The maximum atomic E-state index is 14.0. The molecule has 6 nitrogen and oxygen atoms in total. The monoisotopic (exact) mass is 438 g/mol. The Balaban J connectivity index is 1.96. The SMILES string of the molecule is CCOc1c(Cl)cc(C2CN(C)C(=O)C2C(=O)Nc2cccc(F)c2F)cc1OC. The van der Waals surface area contributed by atoms with Gasteiger partial charge >= 0.3 is 0 Å². The summed E-state index contributed by atoms with van der Waals surface area (Å²) in [6.07, 6.45) is 0. The van der Waals surface area contributed by atoms with Crippen LogP contribution >= 0.6 is 11.6 Å². The molecule has 3 rings (SSSR count). The number of anilines is 1. The van der Waals surface area contributed by atoms with Crippen molar-refractivity contribution in [2.24, 2.45) is 5.92 Å². The molecule has 1 N–H and O–H groups in total. The molecule has 1 aliphatic rings. The van der Waals surface area contributed by atoms with Crippen molar-refractivity contribution in [3.8, 4) is 11.5 Å². The van der Waals surface area contributed by atoms with Gasteiger partial charge in [-0.2, -0.15) is 0 Å². The molecule has 2 unspecified atom stereocenters. The lowest BCUT2D eigenvalue weighted by Gasteiger charge is -2.20. The molecule has 2 aromatic carbocycles. The highest BCUT2D eigenvalue weighted by atomic mass is 35.5. The van der Waals surface area contributed by atoms with Crippen molar-refractivity contribution in [2.75, 3.05) is 32.6 Å². The molecule has 0 radical (unpaired) electrons. The van der Waals surface area contributed by atoms with Crippen LogP contribution in [0.15, 0.2) is 30.3 Å². The molecule has 0 aliphatic carbocycles. The van der Waals surface area contributed by atoms with Crippen LogP contribution in [0.3, 0.4) is 0 Å². The second-order valence-corrected chi connectivity index (χ2v) is 7.27. The lowest BCUT2D eigenvalue weighted by molar-refractivity contribution is -0.135. The fourth-order valence-electron chi connectivity index (χ4n) is 3.54. The Kier molecular flexibility index (Phi) is 6.45. The van der Waals surface area contributed by atoms with Gasteiger partial charge < -0.3 is 19.7 Å².